The highest BCUT2D eigenvalue weighted by molar-refractivity contribution is 6.31. The molecule has 1 amide bonds. The monoisotopic (exact) mass is 343 g/mol. The third kappa shape index (κ3) is 1.49. The van der Waals surface area contributed by atoms with Crippen molar-refractivity contribution in [3.63, 3.8) is 0 Å². The number of rotatable bonds is 0. The molecule has 0 aliphatic carbocycles. The Morgan fingerprint density at radius 3 is 2.38 bits per heavy atom. The van der Waals surface area contributed by atoms with Crippen LogP contribution >= 0.6 is 11.6 Å². The first-order valence-corrected chi connectivity index (χ1v) is 8.60. The van der Waals surface area contributed by atoms with E-state index in [1.54, 1.807) is 0 Å². The first-order valence-electron chi connectivity index (χ1n) is 8.22. The van der Waals surface area contributed by atoms with E-state index in [2.05, 4.69) is 15.1 Å². The molecule has 1 N–H and O–H groups in total. The second kappa shape index (κ2) is 4.48. The summed E-state index contributed by atoms with van der Waals surface area (Å²) in [6.07, 6.45) is 1.65. The van der Waals surface area contributed by atoms with Crippen LogP contribution in [-0.2, 0) is 14.9 Å². The minimum atomic E-state index is -0.765. The number of benzene rings is 1. The molecule has 124 valence electrons. The van der Waals surface area contributed by atoms with E-state index in [1.807, 2.05) is 32.3 Å². The van der Waals surface area contributed by atoms with E-state index in [0.717, 1.165) is 60.1 Å². The van der Waals surface area contributed by atoms with Gasteiger partial charge in [0.15, 0.2) is 11.8 Å². The van der Waals surface area contributed by atoms with Crippen LogP contribution in [0.2, 0.25) is 5.02 Å². The van der Waals surface area contributed by atoms with Crippen LogP contribution in [0.1, 0.15) is 18.4 Å². The van der Waals surface area contributed by atoms with Crippen molar-refractivity contribution < 1.29 is 9.53 Å². The number of carbonyl (C=O) groups excluding carboxylic acids is 1. The van der Waals surface area contributed by atoms with Crippen molar-refractivity contribution in [1.29, 1.82) is 0 Å². The van der Waals surface area contributed by atoms with E-state index in [0.29, 0.717) is 5.02 Å². The Morgan fingerprint density at radius 2 is 1.75 bits per heavy atom. The maximum Gasteiger partial charge on any atom is 0.243 e. The highest BCUT2D eigenvalue weighted by Crippen LogP contribution is 2.57. The molecule has 4 aliphatic rings. The van der Waals surface area contributed by atoms with Gasteiger partial charge in [-0.25, -0.2) is 0 Å². The number of carbonyl (C=O) groups is 1. The summed E-state index contributed by atoms with van der Waals surface area (Å²) in [5.41, 5.74) is 3.19. The Labute approximate surface area is 145 Å². The SMILES string of the molecule is CN1CCC2=C1OC1=C(CCN1C)C21C(=O)Nc2ccc(Cl)cc21. The van der Waals surface area contributed by atoms with Gasteiger partial charge >= 0.3 is 0 Å². The second-order valence-electron chi connectivity index (χ2n) is 6.91. The number of anilines is 1. The smallest absolute Gasteiger partial charge is 0.243 e. The van der Waals surface area contributed by atoms with Gasteiger partial charge in [-0.05, 0) is 31.0 Å². The third-order valence-corrected chi connectivity index (χ3v) is 5.91. The molecule has 5 nitrogen and oxygen atoms in total. The lowest BCUT2D eigenvalue weighted by molar-refractivity contribution is -0.119. The Morgan fingerprint density at radius 1 is 1.12 bits per heavy atom. The fourth-order valence-electron chi connectivity index (χ4n) is 4.56. The largest absolute Gasteiger partial charge is 0.425 e. The predicted octanol–water partition coefficient (Wildman–Crippen LogP) is 2.65. The van der Waals surface area contributed by atoms with Crippen LogP contribution in [-0.4, -0.2) is 42.9 Å². The molecule has 0 atom stereocenters. The first kappa shape index (κ1) is 14.2. The van der Waals surface area contributed by atoms with Gasteiger partial charge in [-0.2, -0.15) is 0 Å². The van der Waals surface area contributed by atoms with Gasteiger partial charge in [0.25, 0.3) is 0 Å². The van der Waals surface area contributed by atoms with Gasteiger partial charge in [-0.3, -0.25) is 4.79 Å². The lowest BCUT2D eigenvalue weighted by Crippen LogP contribution is -2.41. The summed E-state index contributed by atoms with van der Waals surface area (Å²) in [4.78, 5) is 17.5. The number of fused-ring (bicyclic) bond motifs is 4. The summed E-state index contributed by atoms with van der Waals surface area (Å²) in [6, 6.07) is 5.66. The summed E-state index contributed by atoms with van der Waals surface area (Å²) in [5, 5.41) is 3.73. The van der Waals surface area contributed by atoms with Gasteiger partial charge in [0.05, 0.1) is 0 Å². The van der Waals surface area contributed by atoms with Crippen molar-refractivity contribution in [2.24, 2.45) is 0 Å². The Balaban J connectivity index is 1.85. The van der Waals surface area contributed by atoms with E-state index < -0.39 is 5.41 Å². The van der Waals surface area contributed by atoms with Crippen LogP contribution in [0.15, 0.2) is 41.1 Å². The average molecular weight is 344 g/mol. The van der Waals surface area contributed by atoms with Gasteiger partial charge in [-0.15, -0.1) is 0 Å². The summed E-state index contributed by atoms with van der Waals surface area (Å²) in [5.74, 6) is 1.67. The zero-order valence-electron chi connectivity index (χ0n) is 13.6. The van der Waals surface area contributed by atoms with Crippen LogP contribution < -0.4 is 5.32 Å². The zero-order valence-corrected chi connectivity index (χ0v) is 14.4. The lowest BCUT2D eigenvalue weighted by atomic mass is 9.67. The number of ether oxygens (including phenoxy) is 1. The van der Waals surface area contributed by atoms with E-state index in [4.69, 9.17) is 16.3 Å². The molecule has 1 aromatic carbocycles. The first-order chi connectivity index (χ1) is 11.5. The van der Waals surface area contributed by atoms with Crippen LogP contribution in [0.3, 0.4) is 0 Å². The fourth-order valence-corrected chi connectivity index (χ4v) is 4.73. The van der Waals surface area contributed by atoms with Gasteiger partial charge in [0.1, 0.15) is 5.41 Å². The molecule has 0 unspecified atom stereocenters. The Kier molecular flexibility index (Phi) is 2.65. The molecular weight excluding hydrogens is 326 g/mol. The molecule has 4 heterocycles. The molecule has 24 heavy (non-hydrogen) atoms. The topological polar surface area (TPSA) is 44.8 Å². The number of hydrogen-bond acceptors (Lipinski definition) is 4. The highest BCUT2D eigenvalue weighted by Gasteiger charge is 2.59. The summed E-state index contributed by atoms with van der Waals surface area (Å²) < 4.78 is 6.24. The molecule has 0 saturated carbocycles. The molecule has 1 aromatic rings. The molecule has 4 aliphatic heterocycles. The van der Waals surface area contributed by atoms with Crippen molar-refractivity contribution in [2.45, 2.75) is 18.3 Å². The summed E-state index contributed by atoms with van der Waals surface area (Å²) in [6.45, 7) is 1.72. The predicted molar refractivity (Wildman–Crippen MR) is 91.4 cm³/mol. The molecule has 6 heteroatoms. The molecule has 0 fully saturated rings. The number of amides is 1. The molecule has 0 bridgehead atoms. The average Bonchev–Trinajstić information content (AvgIpc) is 3.19. The van der Waals surface area contributed by atoms with E-state index in [1.165, 1.54) is 0 Å². The molecule has 0 aromatic heterocycles. The third-order valence-electron chi connectivity index (χ3n) is 5.68. The highest BCUT2D eigenvalue weighted by atomic mass is 35.5. The van der Waals surface area contributed by atoms with Gasteiger partial charge in [0, 0.05) is 54.6 Å². The number of nitrogens with one attached hydrogen (secondary N) is 1. The van der Waals surface area contributed by atoms with Crippen LogP contribution in [0.5, 0.6) is 0 Å². The molecule has 5 rings (SSSR count). The standard InChI is InChI=1S/C18H18ClN3O2/c1-21-7-5-11-15(21)24-16-12(6-8-22(16)2)18(11)13-9-10(19)3-4-14(13)20-17(18)23/h3-4,9H,5-8H2,1-2H3,(H,20,23). The van der Waals surface area contributed by atoms with E-state index in [9.17, 15) is 4.79 Å². The molecule has 1 spiro atoms. The van der Waals surface area contributed by atoms with Crippen molar-refractivity contribution in [1.82, 2.24) is 9.80 Å². The van der Waals surface area contributed by atoms with Crippen molar-refractivity contribution in [2.75, 3.05) is 32.5 Å². The maximum absolute atomic E-state index is 13.3. The van der Waals surface area contributed by atoms with Gasteiger partial charge < -0.3 is 19.9 Å². The normalized spacial score (nSPS) is 23.5. The lowest BCUT2D eigenvalue weighted by Gasteiger charge is -2.36. The second-order valence-corrected chi connectivity index (χ2v) is 7.34. The minimum Gasteiger partial charge on any atom is -0.425 e. The fraction of sp³-hybridized carbons (Fsp3) is 0.389. The Hall–Kier alpha value is -2.14. The van der Waals surface area contributed by atoms with Crippen LogP contribution in [0.4, 0.5) is 5.69 Å². The molecular formula is C18H18ClN3O2. The van der Waals surface area contributed by atoms with Crippen molar-refractivity contribution in [3.8, 4) is 0 Å². The Bertz CT molecular complexity index is 824. The number of halogens is 1. The summed E-state index contributed by atoms with van der Waals surface area (Å²) >= 11 is 6.29. The summed E-state index contributed by atoms with van der Waals surface area (Å²) in [7, 11) is 4.03. The maximum atomic E-state index is 13.3. The van der Waals surface area contributed by atoms with Crippen molar-refractivity contribution >= 4 is 23.2 Å². The minimum absolute atomic E-state index is 0.0219. The van der Waals surface area contributed by atoms with E-state index in [-0.39, 0.29) is 5.91 Å². The van der Waals surface area contributed by atoms with Gasteiger partial charge in [0.2, 0.25) is 5.91 Å². The number of nitrogens with zero attached hydrogens (tertiary/aromatic N) is 2. The van der Waals surface area contributed by atoms with E-state index >= 15 is 0 Å². The van der Waals surface area contributed by atoms with Crippen molar-refractivity contribution in [3.05, 3.63) is 51.7 Å². The molecule has 0 radical (unpaired) electrons. The number of hydrogen-bond donors (Lipinski definition) is 1. The quantitative estimate of drug-likeness (QED) is 0.786. The van der Waals surface area contributed by atoms with Crippen LogP contribution in [0.25, 0.3) is 0 Å². The van der Waals surface area contributed by atoms with Gasteiger partial charge in [-0.1, -0.05) is 11.6 Å². The van der Waals surface area contributed by atoms with Crippen LogP contribution in [0, 0.1) is 0 Å². The zero-order chi connectivity index (χ0) is 16.6. The molecule has 0 saturated heterocycles.